The zero-order chi connectivity index (χ0) is 26.2. The fourth-order valence-electron chi connectivity index (χ4n) is 4.53. The summed E-state index contributed by atoms with van der Waals surface area (Å²) in [5, 5.41) is 9.42. The highest BCUT2D eigenvalue weighted by Crippen LogP contribution is 2.17. The smallest absolute Gasteiger partial charge is 0.225 e. The number of rotatable bonds is 18. The lowest BCUT2D eigenvalue weighted by Gasteiger charge is -2.30. The summed E-state index contributed by atoms with van der Waals surface area (Å²) in [6.45, 7) is 8.86. The molecule has 2 amide bonds. The number of carbonyl (C=O) groups excluding carboxylic acids is 2. The van der Waals surface area contributed by atoms with Gasteiger partial charge in [-0.2, -0.15) is 0 Å². The maximum atomic E-state index is 12.7. The van der Waals surface area contributed by atoms with E-state index < -0.39 is 0 Å². The third-order valence-electron chi connectivity index (χ3n) is 6.97. The van der Waals surface area contributed by atoms with Crippen LogP contribution in [0.5, 0.6) is 0 Å². The lowest BCUT2D eigenvalue weighted by Crippen LogP contribution is -2.46. The van der Waals surface area contributed by atoms with Crippen molar-refractivity contribution in [3.63, 3.8) is 0 Å². The Balaban J connectivity index is 2.36. The Kier molecular flexibility index (Phi) is 15.5. The van der Waals surface area contributed by atoms with Gasteiger partial charge in [0.2, 0.25) is 11.8 Å². The lowest BCUT2D eigenvalue weighted by atomic mass is 9.92. The van der Waals surface area contributed by atoms with Crippen molar-refractivity contribution in [2.75, 3.05) is 27.8 Å². The highest BCUT2D eigenvalue weighted by molar-refractivity contribution is 5.79. The first kappa shape index (κ1) is 31.1. The molecule has 0 aliphatic carbocycles. The van der Waals surface area contributed by atoms with Gasteiger partial charge < -0.3 is 25.4 Å². The Hall–Kier alpha value is -1.96. The molecule has 3 N–H and O–H groups in total. The predicted octanol–water partition coefficient (Wildman–Crippen LogP) is 3.71. The molecule has 0 aliphatic heterocycles. The molecular weight excluding hydrogens is 442 g/mol. The van der Waals surface area contributed by atoms with Crippen LogP contribution in [0, 0.1) is 11.8 Å². The second kappa shape index (κ2) is 17.5. The monoisotopic (exact) mass is 491 g/mol. The van der Waals surface area contributed by atoms with Crippen molar-refractivity contribution in [1.29, 1.82) is 0 Å². The first-order valence-electron chi connectivity index (χ1n) is 13.1. The standard InChI is InChI=1S/C28H49N3O4/c1-8-20(2)27(29-5)25(35-7)19-26(32)30-17-13-12-16-24(34-6)22(4)28(33)31-21(3)18-23-14-10-9-11-15-23/h9-11,14-15,20-22,24-25,27,29H,8,12-13,16-19H2,1-7H3,(H,30,32)(H,31,33)/t20-,21?,22+,24-,25+,27-/m0/s1. The molecule has 0 aliphatic rings. The minimum atomic E-state index is -0.241. The average molecular weight is 492 g/mol. The van der Waals surface area contributed by atoms with Crippen LogP contribution in [0.25, 0.3) is 0 Å². The highest BCUT2D eigenvalue weighted by Gasteiger charge is 2.27. The van der Waals surface area contributed by atoms with E-state index in [9.17, 15) is 9.59 Å². The number of hydrogen-bond donors (Lipinski definition) is 3. The van der Waals surface area contributed by atoms with Gasteiger partial charge in [0, 0.05) is 32.8 Å². The molecule has 1 aromatic carbocycles. The number of benzene rings is 1. The van der Waals surface area contributed by atoms with E-state index in [1.807, 2.05) is 39.1 Å². The summed E-state index contributed by atoms with van der Waals surface area (Å²) in [5.74, 6) is 0.196. The Morgan fingerprint density at radius 3 is 2.20 bits per heavy atom. The maximum Gasteiger partial charge on any atom is 0.225 e. The molecule has 1 rings (SSSR count). The first-order chi connectivity index (χ1) is 16.8. The zero-order valence-electron chi connectivity index (χ0n) is 22.9. The Morgan fingerprint density at radius 1 is 0.971 bits per heavy atom. The molecular formula is C28H49N3O4. The fraction of sp³-hybridized carbons (Fsp3) is 0.714. The van der Waals surface area contributed by atoms with Gasteiger partial charge in [-0.15, -0.1) is 0 Å². The SMILES string of the molecule is CC[C@H](C)[C@H](NC)[C@@H](CC(=O)NCCCC[C@H](OC)[C@@H](C)C(=O)NC(C)Cc1ccccc1)OC. The van der Waals surface area contributed by atoms with Crippen LogP contribution >= 0.6 is 0 Å². The number of carbonyl (C=O) groups is 2. The number of hydrogen-bond acceptors (Lipinski definition) is 5. The van der Waals surface area contributed by atoms with E-state index in [1.165, 1.54) is 5.56 Å². The molecule has 1 unspecified atom stereocenters. The van der Waals surface area contributed by atoms with E-state index in [1.54, 1.807) is 14.2 Å². The van der Waals surface area contributed by atoms with Crippen molar-refractivity contribution in [3.8, 4) is 0 Å². The quantitative estimate of drug-likeness (QED) is 0.273. The van der Waals surface area contributed by atoms with Crippen molar-refractivity contribution >= 4 is 11.8 Å². The van der Waals surface area contributed by atoms with Crippen LogP contribution in [0.15, 0.2) is 30.3 Å². The van der Waals surface area contributed by atoms with Gasteiger partial charge in [-0.3, -0.25) is 9.59 Å². The van der Waals surface area contributed by atoms with Crippen LogP contribution in [0.2, 0.25) is 0 Å². The average Bonchev–Trinajstić information content (AvgIpc) is 2.85. The molecule has 0 radical (unpaired) electrons. The van der Waals surface area contributed by atoms with Crippen molar-refractivity contribution in [3.05, 3.63) is 35.9 Å². The highest BCUT2D eigenvalue weighted by atomic mass is 16.5. The molecule has 200 valence electrons. The van der Waals surface area contributed by atoms with Gasteiger partial charge in [0.15, 0.2) is 0 Å². The number of unbranched alkanes of at least 4 members (excludes halogenated alkanes) is 1. The van der Waals surface area contributed by atoms with Crippen molar-refractivity contribution in [1.82, 2.24) is 16.0 Å². The summed E-state index contributed by atoms with van der Waals surface area (Å²) in [5.41, 5.74) is 1.21. The number of ether oxygens (including phenoxy) is 2. The summed E-state index contributed by atoms with van der Waals surface area (Å²) in [6.07, 6.45) is 4.33. The van der Waals surface area contributed by atoms with E-state index in [2.05, 4.69) is 41.9 Å². The molecule has 1 aromatic rings. The van der Waals surface area contributed by atoms with Crippen molar-refractivity contribution in [2.45, 2.75) is 90.5 Å². The van der Waals surface area contributed by atoms with Gasteiger partial charge in [-0.1, -0.05) is 57.5 Å². The molecule has 0 spiro atoms. The van der Waals surface area contributed by atoms with E-state index in [0.717, 1.165) is 32.1 Å². The molecule has 0 saturated heterocycles. The molecule has 0 fully saturated rings. The number of likely N-dealkylation sites (N-methyl/N-ethyl adjacent to an activating group) is 1. The number of amides is 2. The van der Waals surface area contributed by atoms with E-state index >= 15 is 0 Å². The van der Waals surface area contributed by atoms with Crippen LogP contribution in [0.3, 0.4) is 0 Å². The normalized spacial score (nSPS) is 16.5. The summed E-state index contributed by atoms with van der Waals surface area (Å²) in [7, 11) is 5.23. The van der Waals surface area contributed by atoms with E-state index in [-0.39, 0.29) is 42.0 Å². The van der Waals surface area contributed by atoms with E-state index in [0.29, 0.717) is 18.9 Å². The Bertz CT molecular complexity index is 715. The van der Waals surface area contributed by atoms with E-state index in [4.69, 9.17) is 9.47 Å². The second-order valence-electron chi connectivity index (χ2n) is 9.69. The number of methoxy groups -OCH3 is 2. The van der Waals surface area contributed by atoms with Gasteiger partial charge in [-0.05, 0) is 51.1 Å². The van der Waals surface area contributed by atoms with Gasteiger partial charge in [0.05, 0.1) is 24.5 Å². The maximum absolute atomic E-state index is 12.7. The predicted molar refractivity (Wildman–Crippen MR) is 142 cm³/mol. The zero-order valence-corrected chi connectivity index (χ0v) is 22.9. The molecule has 35 heavy (non-hydrogen) atoms. The number of nitrogens with one attached hydrogen (secondary N) is 3. The summed E-state index contributed by atoms with van der Waals surface area (Å²) in [6, 6.07) is 10.4. The minimum absolute atomic E-state index is 0.00356. The van der Waals surface area contributed by atoms with Gasteiger partial charge in [-0.25, -0.2) is 0 Å². The first-order valence-corrected chi connectivity index (χ1v) is 13.1. The summed E-state index contributed by atoms with van der Waals surface area (Å²) in [4.78, 5) is 25.2. The molecule has 0 aromatic heterocycles. The minimum Gasteiger partial charge on any atom is -0.381 e. The summed E-state index contributed by atoms with van der Waals surface area (Å²) < 4.78 is 11.2. The summed E-state index contributed by atoms with van der Waals surface area (Å²) >= 11 is 0. The third-order valence-corrected chi connectivity index (χ3v) is 6.97. The molecule has 6 atom stereocenters. The van der Waals surface area contributed by atoms with Crippen LogP contribution in [-0.2, 0) is 25.5 Å². The molecule has 7 heteroatoms. The molecule has 0 saturated carbocycles. The van der Waals surface area contributed by atoms with Gasteiger partial charge >= 0.3 is 0 Å². The second-order valence-corrected chi connectivity index (χ2v) is 9.69. The topological polar surface area (TPSA) is 88.7 Å². The molecule has 0 bridgehead atoms. The van der Waals surface area contributed by atoms with Gasteiger partial charge in [0.1, 0.15) is 0 Å². The Morgan fingerprint density at radius 2 is 1.63 bits per heavy atom. The van der Waals surface area contributed by atoms with Crippen LogP contribution in [-0.4, -0.2) is 63.9 Å². The third kappa shape index (κ3) is 11.5. The van der Waals surface area contributed by atoms with Crippen molar-refractivity contribution in [2.24, 2.45) is 11.8 Å². The largest absolute Gasteiger partial charge is 0.381 e. The van der Waals surface area contributed by atoms with Crippen LogP contribution in [0.1, 0.15) is 65.4 Å². The lowest BCUT2D eigenvalue weighted by molar-refractivity contribution is -0.129. The van der Waals surface area contributed by atoms with Crippen LogP contribution in [0.4, 0.5) is 0 Å². The fourth-order valence-corrected chi connectivity index (χ4v) is 4.53. The molecule has 7 nitrogen and oxygen atoms in total. The van der Waals surface area contributed by atoms with Crippen molar-refractivity contribution < 1.29 is 19.1 Å². The molecule has 0 heterocycles. The van der Waals surface area contributed by atoms with Gasteiger partial charge in [0.25, 0.3) is 0 Å². The Labute approximate surface area is 213 Å². The van der Waals surface area contributed by atoms with Crippen LogP contribution < -0.4 is 16.0 Å².